The first-order chi connectivity index (χ1) is 7.27. The maximum Gasteiger partial charge on any atom is 0.165 e. The SMILES string of the molecule is CC1CCC(=O)c2c1[nH]c1ccccc21. The van der Waals surface area contributed by atoms with Gasteiger partial charge in [0, 0.05) is 28.6 Å². The van der Waals surface area contributed by atoms with Crippen molar-refractivity contribution in [3.8, 4) is 0 Å². The summed E-state index contributed by atoms with van der Waals surface area (Å²) in [5.74, 6) is 0.769. The van der Waals surface area contributed by atoms with Gasteiger partial charge in [-0.05, 0) is 18.4 Å². The lowest BCUT2D eigenvalue weighted by Gasteiger charge is -2.17. The number of hydrogen-bond donors (Lipinski definition) is 1. The van der Waals surface area contributed by atoms with E-state index >= 15 is 0 Å². The van der Waals surface area contributed by atoms with Gasteiger partial charge in [-0.25, -0.2) is 0 Å². The Labute approximate surface area is 88.3 Å². The zero-order valence-electron chi connectivity index (χ0n) is 8.71. The van der Waals surface area contributed by atoms with E-state index in [1.165, 1.54) is 0 Å². The first kappa shape index (κ1) is 8.72. The maximum atomic E-state index is 11.9. The van der Waals surface area contributed by atoms with Crippen LogP contribution in [-0.2, 0) is 0 Å². The highest BCUT2D eigenvalue weighted by atomic mass is 16.1. The number of aromatic amines is 1. The van der Waals surface area contributed by atoms with Crippen LogP contribution in [0.4, 0.5) is 0 Å². The van der Waals surface area contributed by atoms with E-state index in [2.05, 4.69) is 11.9 Å². The standard InChI is InChI=1S/C13H13NO/c1-8-6-7-11(15)12-9-4-2-3-5-10(9)14-13(8)12/h2-5,8,14H,6-7H2,1H3. The van der Waals surface area contributed by atoms with Crippen LogP contribution in [0.25, 0.3) is 10.9 Å². The van der Waals surface area contributed by atoms with Gasteiger partial charge in [-0.2, -0.15) is 0 Å². The van der Waals surface area contributed by atoms with Gasteiger partial charge in [0.2, 0.25) is 0 Å². The molecule has 0 bridgehead atoms. The van der Waals surface area contributed by atoms with Crippen molar-refractivity contribution in [2.24, 2.45) is 0 Å². The summed E-state index contributed by atoms with van der Waals surface area (Å²) >= 11 is 0. The third-order valence-electron chi connectivity index (χ3n) is 3.31. The molecule has 0 amide bonds. The Morgan fingerprint density at radius 3 is 3.00 bits per heavy atom. The van der Waals surface area contributed by atoms with Crippen molar-refractivity contribution in [3.05, 3.63) is 35.5 Å². The average Bonchev–Trinajstić information content (AvgIpc) is 2.64. The van der Waals surface area contributed by atoms with Crippen LogP contribution in [0, 0.1) is 0 Å². The van der Waals surface area contributed by atoms with E-state index in [1.54, 1.807) is 0 Å². The number of H-pyrrole nitrogens is 1. The normalized spacial score (nSPS) is 20.6. The molecule has 1 aromatic carbocycles. The molecule has 1 aromatic heterocycles. The summed E-state index contributed by atoms with van der Waals surface area (Å²) in [4.78, 5) is 15.3. The second-order valence-electron chi connectivity index (χ2n) is 4.32. The first-order valence-electron chi connectivity index (χ1n) is 5.41. The van der Waals surface area contributed by atoms with Crippen molar-refractivity contribution in [2.45, 2.75) is 25.7 Å². The van der Waals surface area contributed by atoms with Crippen LogP contribution in [0.5, 0.6) is 0 Å². The smallest absolute Gasteiger partial charge is 0.165 e. The highest BCUT2D eigenvalue weighted by Gasteiger charge is 2.26. The van der Waals surface area contributed by atoms with Crippen LogP contribution in [0.15, 0.2) is 24.3 Å². The Morgan fingerprint density at radius 2 is 2.13 bits per heavy atom. The predicted molar refractivity (Wildman–Crippen MR) is 60.3 cm³/mol. The molecule has 3 rings (SSSR count). The van der Waals surface area contributed by atoms with Gasteiger partial charge >= 0.3 is 0 Å². The molecule has 1 atom stereocenters. The topological polar surface area (TPSA) is 32.9 Å². The lowest BCUT2D eigenvalue weighted by Crippen LogP contribution is -2.12. The molecule has 0 saturated heterocycles. The highest BCUT2D eigenvalue weighted by Crippen LogP contribution is 2.35. The zero-order chi connectivity index (χ0) is 10.4. The fraction of sp³-hybridized carbons (Fsp3) is 0.308. The minimum Gasteiger partial charge on any atom is -0.358 e. The van der Waals surface area contributed by atoms with E-state index in [4.69, 9.17) is 0 Å². The second-order valence-corrected chi connectivity index (χ2v) is 4.32. The Bertz CT molecular complexity index is 538. The van der Waals surface area contributed by atoms with Crippen LogP contribution in [0.2, 0.25) is 0 Å². The highest BCUT2D eigenvalue weighted by molar-refractivity contribution is 6.10. The van der Waals surface area contributed by atoms with E-state index in [0.29, 0.717) is 18.1 Å². The molecule has 2 heteroatoms. The van der Waals surface area contributed by atoms with Gasteiger partial charge in [0.25, 0.3) is 0 Å². The lowest BCUT2D eigenvalue weighted by molar-refractivity contribution is 0.0969. The van der Waals surface area contributed by atoms with E-state index in [-0.39, 0.29) is 0 Å². The van der Waals surface area contributed by atoms with Crippen molar-refractivity contribution in [2.75, 3.05) is 0 Å². The average molecular weight is 199 g/mol. The molecule has 15 heavy (non-hydrogen) atoms. The van der Waals surface area contributed by atoms with Crippen LogP contribution in [0.3, 0.4) is 0 Å². The number of benzene rings is 1. The number of rotatable bonds is 0. The van der Waals surface area contributed by atoms with Crippen LogP contribution >= 0.6 is 0 Å². The predicted octanol–water partition coefficient (Wildman–Crippen LogP) is 3.25. The summed E-state index contributed by atoms with van der Waals surface area (Å²) in [6, 6.07) is 8.05. The fourth-order valence-electron chi connectivity index (χ4n) is 2.45. The van der Waals surface area contributed by atoms with Gasteiger partial charge in [-0.1, -0.05) is 25.1 Å². The Morgan fingerprint density at radius 1 is 1.33 bits per heavy atom. The number of ketones is 1. The first-order valence-corrected chi connectivity index (χ1v) is 5.41. The number of nitrogens with one attached hydrogen (secondary N) is 1. The molecule has 1 N–H and O–H groups in total. The van der Waals surface area contributed by atoms with Gasteiger partial charge in [0.1, 0.15) is 0 Å². The van der Waals surface area contributed by atoms with Gasteiger partial charge in [0.15, 0.2) is 5.78 Å². The number of carbonyl (C=O) groups is 1. The largest absolute Gasteiger partial charge is 0.358 e. The summed E-state index contributed by atoms with van der Waals surface area (Å²) in [5, 5.41) is 1.09. The third-order valence-corrected chi connectivity index (χ3v) is 3.31. The second kappa shape index (κ2) is 2.96. The number of hydrogen-bond acceptors (Lipinski definition) is 1. The molecular formula is C13H13NO. The van der Waals surface area contributed by atoms with E-state index < -0.39 is 0 Å². The van der Waals surface area contributed by atoms with Gasteiger partial charge in [-0.3, -0.25) is 4.79 Å². The zero-order valence-corrected chi connectivity index (χ0v) is 8.71. The minimum atomic E-state index is 0.292. The van der Waals surface area contributed by atoms with Crippen molar-refractivity contribution in [1.29, 1.82) is 0 Å². The number of Topliss-reactive ketones (excluding diaryl/α,β-unsaturated/α-hetero) is 1. The Balaban J connectivity index is 2.39. The molecular weight excluding hydrogens is 186 g/mol. The molecule has 1 aliphatic rings. The molecule has 2 nitrogen and oxygen atoms in total. The van der Waals surface area contributed by atoms with Crippen LogP contribution in [0.1, 0.15) is 41.7 Å². The number of carbonyl (C=O) groups excluding carboxylic acids is 1. The molecule has 1 aliphatic carbocycles. The van der Waals surface area contributed by atoms with E-state index in [1.807, 2.05) is 24.3 Å². The number of aromatic nitrogens is 1. The van der Waals surface area contributed by atoms with Crippen LogP contribution in [-0.4, -0.2) is 10.8 Å². The molecule has 0 aliphatic heterocycles. The molecule has 1 heterocycles. The van der Waals surface area contributed by atoms with Gasteiger partial charge < -0.3 is 4.98 Å². The lowest BCUT2D eigenvalue weighted by atomic mass is 9.87. The fourth-order valence-corrected chi connectivity index (χ4v) is 2.45. The summed E-state index contributed by atoms with van der Waals surface area (Å²) < 4.78 is 0. The number of para-hydroxylation sites is 1. The molecule has 0 saturated carbocycles. The molecule has 2 aromatic rings. The van der Waals surface area contributed by atoms with E-state index in [0.717, 1.165) is 28.6 Å². The third kappa shape index (κ3) is 1.14. The van der Waals surface area contributed by atoms with Gasteiger partial charge in [0.05, 0.1) is 0 Å². The summed E-state index contributed by atoms with van der Waals surface area (Å²) in [6.45, 7) is 2.18. The van der Waals surface area contributed by atoms with Gasteiger partial charge in [-0.15, -0.1) is 0 Å². The molecule has 76 valence electrons. The number of fused-ring (bicyclic) bond motifs is 3. The van der Waals surface area contributed by atoms with E-state index in [9.17, 15) is 4.79 Å². The quantitative estimate of drug-likeness (QED) is 0.694. The Hall–Kier alpha value is -1.57. The minimum absolute atomic E-state index is 0.292. The van der Waals surface area contributed by atoms with Crippen LogP contribution < -0.4 is 0 Å². The van der Waals surface area contributed by atoms with Crippen molar-refractivity contribution < 1.29 is 4.79 Å². The van der Waals surface area contributed by atoms with Crippen molar-refractivity contribution >= 4 is 16.7 Å². The molecule has 1 unspecified atom stereocenters. The Kier molecular flexibility index (Phi) is 1.72. The molecule has 0 fully saturated rings. The summed E-state index contributed by atoms with van der Waals surface area (Å²) in [7, 11) is 0. The van der Waals surface area contributed by atoms with Crippen molar-refractivity contribution in [1.82, 2.24) is 4.98 Å². The molecule has 0 spiro atoms. The monoisotopic (exact) mass is 199 g/mol. The molecule has 0 radical (unpaired) electrons. The van der Waals surface area contributed by atoms with Crippen molar-refractivity contribution in [3.63, 3.8) is 0 Å². The summed E-state index contributed by atoms with van der Waals surface area (Å²) in [6.07, 6.45) is 1.66. The summed E-state index contributed by atoms with van der Waals surface area (Å²) in [5.41, 5.74) is 3.15. The maximum absolute atomic E-state index is 11.9.